The highest BCUT2D eigenvalue weighted by molar-refractivity contribution is 5.38. The second kappa shape index (κ2) is 8.77. The molecule has 1 unspecified atom stereocenters. The topological polar surface area (TPSA) is 50.7 Å². The van der Waals surface area contributed by atoms with E-state index in [1.165, 1.54) is 0 Å². The maximum Gasteiger partial charge on any atom is 0.122 e. The van der Waals surface area contributed by atoms with Crippen molar-refractivity contribution in [1.82, 2.24) is 5.32 Å². The van der Waals surface area contributed by atoms with Gasteiger partial charge in [0.15, 0.2) is 0 Å². The van der Waals surface area contributed by atoms with Crippen LogP contribution in [0.1, 0.15) is 25.3 Å². The van der Waals surface area contributed by atoms with Crippen molar-refractivity contribution in [3.8, 4) is 11.5 Å². The Kier molecular flexibility index (Phi) is 7.30. The summed E-state index contributed by atoms with van der Waals surface area (Å²) < 4.78 is 10.5. The van der Waals surface area contributed by atoms with Gasteiger partial charge in [-0.1, -0.05) is 13.3 Å². The lowest BCUT2D eigenvalue weighted by Crippen LogP contribution is -2.22. The molecule has 4 nitrogen and oxygen atoms in total. The molecule has 0 aliphatic carbocycles. The van der Waals surface area contributed by atoms with E-state index in [2.05, 4.69) is 12.2 Å². The molecule has 0 aromatic heterocycles. The summed E-state index contributed by atoms with van der Waals surface area (Å²) in [6.07, 6.45) is 1.93. The Morgan fingerprint density at radius 2 is 1.79 bits per heavy atom. The molecular formula is C15H25NO3. The molecule has 0 amide bonds. The summed E-state index contributed by atoms with van der Waals surface area (Å²) in [5.74, 6) is 2.13. The summed E-state index contributed by atoms with van der Waals surface area (Å²) in [6, 6.07) is 5.87. The van der Waals surface area contributed by atoms with E-state index in [1.807, 2.05) is 18.2 Å². The molecule has 0 radical (unpaired) electrons. The SMILES string of the molecule is CCC(CCO)CNCc1cc(OC)cc(OC)c1. The molecular weight excluding hydrogens is 242 g/mol. The van der Waals surface area contributed by atoms with Crippen LogP contribution in [0.3, 0.4) is 0 Å². The number of hydrogen-bond acceptors (Lipinski definition) is 4. The molecule has 0 heterocycles. The molecule has 1 atom stereocenters. The largest absolute Gasteiger partial charge is 0.497 e. The molecule has 0 aliphatic rings. The zero-order valence-electron chi connectivity index (χ0n) is 12.1. The Morgan fingerprint density at radius 1 is 1.16 bits per heavy atom. The highest BCUT2D eigenvalue weighted by Gasteiger charge is 2.06. The van der Waals surface area contributed by atoms with Crippen LogP contribution in [0.5, 0.6) is 11.5 Å². The maximum absolute atomic E-state index is 8.96. The van der Waals surface area contributed by atoms with Crippen molar-refractivity contribution in [3.05, 3.63) is 23.8 Å². The minimum Gasteiger partial charge on any atom is -0.497 e. The van der Waals surface area contributed by atoms with E-state index in [0.29, 0.717) is 5.92 Å². The Morgan fingerprint density at radius 3 is 2.26 bits per heavy atom. The third-order valence-electron chi connectivity index (χ3n) is 3.29. The standard InChI is InChI=1S/C15H25NO3/c1-4-12(5-6-17)10-16-11-13-7-14(18-2)9-15(8-13)19-3/h7-9,12,16-17H,4-6,10-11H2,1-3H3. The van der Waals surface area contributed by atoms with Crippen LogP contribution in [0.4, 0.5) is 0 Å². The molecule has 4 heteroatoms. The predicted octanol–water partition coefficient (Wildman–Crippen LogP) is 2.20. The minimum absolute atomic E-state index is 0.257. The predicted molar refractivity (Wildman–Crippen MR) is 76.7 cm³/mol. The molecule has 108 valence electrons. The first kappa shape index (κ1) is 15.8. The second-order valence-electron chi connectivity index (χ2n) is 4.64. The third kappa shape index (κ3) is 5.49. The number of methoxy groups -OCH3 is 2. The van der Waals surface area contributed by atoms with Crippen LogP contribution in [0.25, 0.3) is 0 Å². The number of rotatable bonds is 9. The lowest BCUT2D eigenvalue weighted by Gasteiger charge is -2.15. The number of aliphatic hydroxyl groups excluding tert-OH is 1. The summed E-state index contributed by atoms with van der Waals surface area (Å²) >= 11 is 0. The van der Waals surface area contributed by atoms with Crippen molar-refractivity contribution in [2.24, 2.45) is 5.92 Å². The Hall–Kier alpha value is -1.26. The highest BCUT2D eigenvalue weighted by Crippen LogP contribution is 2.22. The van der Waals surface area contributed by atoms with E-state index in [0.717, 1.165) is 43.0 Å². The van der Waals surface area contributed by atoms with Gasteiger partial charge in [-0.3, -0.25) is 0 Å². The zero-order valence-corrected chi connectivity index (χ0v) is 12.1. The van der Waals surface area contributed by atoms with Crippen LogP contribution in [0, 0.1) is 5.92 Å². The molecule has 1 aromatic carbocycles. The summed E-state index contributed by atoms with van der Waals surface area (Å²) in [5, 5.41) is 12.4. The van der Waals surface area contributed by atoms with E-state index in [9.17, 15) is 0 Å². The summed E-state index contributed by atoms with van der Waals surface area (Å²) in [7, 11) is 3.31. The van der Waals surface area contributed by atoms with Crippen molar-refractivity contribution < 1.29 is 14.6 Å². The molecule has 1 aromatic rings. The number of ether oxygens (including phenoxy) is 2. The lowest BCUT2D eigenvalue weighted by molar-refractivity contribution is 0.251. The van der Waals surface area contributed by atoms with Gasteiger partial charge in [0.2, 0.25) is 0 Å². The van der Waals surface area contributed by atoms with Gasteiger partial charge >= 0.3 is 0 Å². The van der Waals surface area contributed by atoms with Crippen molar-refractivity contribution in [1.29, 1.82) is 0 Å². The van der Waals surface area contributed by atoms with E-state index >= 15 is 0 Å². The molecule has 0 bridgehead atoms. The van der Waals surface area contributed by atoms with Gasteiger partial charge in [0, 0.05) is 19.2 Å². The van der Waals surface area contributed by atoms with Crippen molar-refractivity contribution in [2.75, 3.05) is 27.4 Å². The summed E-state index contributed by atoms with van der Waals surface area (Å²) in [5.41, 5.74) is 1.13. The quantitative estimate of drug-likeness (QED) is 0.720. The maximum atomic E-state index is 8.96. The summed E-state index contributed by atoms with van der Waals surface area (Å²) in [4.78, 5) is 0. The molecule has 0 aliphatic heterocycles. The lowest BCUT2D eigenvalue weighted by atomic mass is 10.0. The van der Waals surface area contributed by atoms with Gasteiger partial charge in [0.25, 0.3) is 0 Å². The molecule has 2 N–H and O–H groups in total. The number of nitrogens with one attached hydrogen (secondary N) is 1. The van der Waals surface area contributed by atoms with E-state index in [-0.39, 0.29) is 6.61 Å². The van der Waals surface area contributed by atoms with Crippen LogP contribution < -0.4 is 14.8 Å². The smallest absolute Gasteiger partial charge is 0.122 e. The van der Waals surface area contributed by atoms with Gasteiger partial charge in [0.1, 0.15) is 11.5 Å². The van der Waals surface area contributed by atoms with E-state index in [4.69, 9.17) is 14.6 Å². The molecule has 0 fully saturated rings. The first-order valence-corrected chi connectivity index (χ1v) is 6.77. The fraction of sp³-hybridized carbons (Fsp3) is 0.600. The molecule has 0 saturated carbocycles. The van der Waals surface area contributed by atoms with E-state index < -0.39 is 0 Å². The van der Waals surface area contributed by atoms with Gasteiger partial charge in [0.05, 0.1) is 14.2 Å². The van der Waals surface area contributed by atoms with E-state index in [1.54, 1.807) is 14.2 Å². The van der Waals surface area contributed by atoms with Crippen LogP contribution >= 0.6 is 0 Å². The second-order valence-corrected chi connectivity index (χ2v) is 4.64. The summed E-state index contributed by atoms with van der Waals surface area (Å²) in [6.45, 7) is 4.09. The molecule has 0 spiro atoms. The fourth-order valence-corrected chi connectivity index (χ4v) is 2.02. The Balaban J connectivity index is 2.52. The number of aliphatic hydroxyl groups is 1. The van der Waals surface area contributed by atoms with Gasteiger partial charge < -0.3 is 19.9 Å². The van der Waals surface area contributed by atoms with Crippen LogP contribution in [0.2, 0.25) is 0 Å². The van der Waals surface area contributed by atoms with Crippen molar-refractivity contribution in [2.45, 2.75) is 26.3 Å². The van der Waals surface area contributed by atoms with Crippen LogP contribution in [-0.2, 0) is 6.54 Å². The molecule has 19 heavy (non-hydrogen) atoms. The van der Waals surface area contributed by atoms with Crippen molar-refractivity contribution in [3.63, 3.8) is 0 Å². The normalized spacial score (nSPS) is 12.2. The number of hydrogen-bond donors (Lipinski definition) is 2. The Bertz CT molecular complexity index is 346. The van der Waals surface area contributed by atoms with Gasteiger partial charge in [-0.15, -0.1) is 0 Å². The molecule has 0 saturated heterocycles. The fourth-order valence-electron chi connectivity index (χ4n) is 2.02. The highest BCUT2D eigenvalue weighted by atomic mass is 16.5. The van der Waals surface area contributed by atoms with Gasteiger partial charge in [-0.25, -0.2) is 0 Å². The van der Waals surface area contributed by atoms with Crippen LogP contribution in [-0.4, -0.2) is 32.5 Å². The van der Waals surface area contributed by atoms with Crippen LogP contribution in [0.15, 0.2) is 18.2 Å². The Labute approximate surface area is 115 Å². The molecule has 1 rings (SSSR count). The monoisotopic (exact) mass is 267 g/mol. The third-order valence-corrected chi connectivity index (χ3v) is 3.29. The minimum atomic E-state index is 0.257. The zero-order chi connectivity index (χ0) is 14.1. The van der Waals surface area contributed by atoms with Crippen molar-refractivity contribution >= 4 is 0 Å². The van der Waals surface area contributed by atoms with Gasteiger partial charge in [-0.05, 0) is 36.6 Å². The average Bonchev–Trinajstić information content (AvgIpc) is 2.45. The first-order chi connectivity index (χ1) is 9.23. The first-order valence-electron chi connectivity index (χ1n) is 6.77. The van der Waals surface area contributed by atoms with Gasteiger partial charge in [-0.2, -0.15) is 0 Å². The number of benzene rings is 1. The average molecular weight is 267 g/mol.